The van der Waals surface area contributed by atoms with Crippen LogP contribution in [0.15, 0.2) is 36.4 Å². The predicted octanol–water partition coefficient (Wildman–Crippen LogP) is 4.42. The van der Waals surface area contributed by atoms with Gasteiger partial charge < -0.3 is 10.1 Å². The third-order valence-electron chi connectivity index (χ3n) is 3.28. The minimum Gasteiger partial charge on any atom is -0.479 e. The summed E-state index contributed by atoms with van der Waals surface area (Å²) in [7, 11) is 0. The number of ether oxygens (including phenoxy) is 1. The SMILES string of the molecule is CC(Oc1cccc(Cl)c1Cl)C(=O)NC(C#N)c1ccc(F)cc1F. The van der Waals surface area contributed by atoms with Gasteiger partial charge in [-0.15, -0.1) is 0 Å². The van der Waals surface area contributed by atoms with Crippen LogP contribution in [-0.2, 0) is 4.79 Å². The lowest BCUT2D eigenvalue weighted by Crippen LogP contribution is -2.38. The predicted molar refractivity (Wildman–Crippen MR) is 89.4 cm³/mol. The number of rotatable bonds is 5. The van der Waals surface area contributed by atoms with Crippen LogP contribution in [-0.4, -0.2) is 12.0 Å². The Labute approximate surface area is 152 Å². The zero-order valence-electron chi connectivity index (χ0n) is 12.9. The van der Waals surface area contributed by atoms with E-state index < -0.39 is 29.7 Å². The first-order valence-electron chi connectivity index (χ1n) is 7.09. The summed E-state index contributed by atoms with van der Waals surface area (Å²) < 4.78 is 32.2. The molecule has 0 spiro atoms. The topological polar surface area (TPSA) is 62.1 Å². The number of nitriles is 1. The normalized spacial score (nSPS) is 12.8. The van der Waals surface area contributed by atoms with Gasteiger partial charge in [0.1, 0.15) is 28.4 Å². The zero-order chi connectivity index (χ0) is 18.6. The Kier molecular flexibility index (Phi) is 6.18. The summed E-state index contributed by atoms with van der Waals surface area (Å²) >= 11 is 11.8. The maximum atomic E-state index is 13.8. The Morgan fingerprint density at radius 1 is 1.28 bits per heavy atom. The fourth-order valence-electron chi connectivity index (χ4n) is 1.99. The van der Waals surface area contributed by atoms with Crippen molar-refractivity contribution in [1.82, 2.24) is 5.32 Å². The summed E-state index contributed by atoms with van der Waals surface area (Å²) in [6, 6.07) is 7.87. The number of nitrogens with zero attached hydrogens (tertiary/aromatic N) is 1. The van der Waals surface area contributed by atoms with Gasteiger partial charge in [0, 0.05) is 11.6 Å². The highest BCUT2D eigenvalue weighted by Crippen LogP contribution is 2.32. The van der Waals surface area contributed by atoms with Crippen LogP contribution in [0.4, 0.5) is 8.78 Å². The first-order chi connectivity index (χ1) is 11.8. The summed E-state index contributed by atoms with van der Waals surface area (Å²) in [6.45, 7) is 1.43. The van der Waals surface area contributed by atoms with Gasteiger partial charge in [0.05, 0.1) is 11.1 Å². The van der Waals surface area contributed by atoms with Crippen LogP contribution >= 0.6 is 23.2 Å². The third kappa shape index (κ3) is 4.59. The highest BCUT2D eigenvalue weighted by Gasteiger charge is 2.23. The van der Waals surface area contributed by atoms with E-state index in [1.165, 1.54) is 13.0 Å². The van der Waals surface area contributed by atoms with Crippen LogP contribution in [0, 0.1) is 23.0 Å². The molecule has 0 aliphatic rings. The van der Waals surface area contributed by atoms with Gasteiger partial charge in [-0.2, -0.15) is 5.26 Å². The maximum Gasteiger partial charge on any atom is 0.262 e. The van der Waals surface area contributed by atoms with Gasteiger partial charge in [0.25, 0.3) is 5.91 Å². The van der Waals surface area contributed by atoms with E-state index in [1.807, 2.05) is 0 Å². The molecule has 25 heavy (non-hydrogen) atoms. The molecule has 2 aromatic rings. The van der Waals surface area contributed by atoms with Gasteiger partial charge in [0.15, 0.2) is 6.10 Å². The summed E-state index contributed by atoms with van der Waals surface area (Å²) in [6.07, 6.45) is -1.03. The summed E-state index contributed by atoms with van der Waals surface area (Å²) in [5, 5.41) is 11.9. The molecule has 1 N–H and O–H groups in total. The molecule has 2 rings (SSSR count). The van der Waals surface area contributed by atoms with Crippen LogP contribution in [0.5, 0.6) is 5.75 Å². The van der Waals surface area contributed by atoms with E-state index in [0.29, 0.717) is 6.07 Å². The molecule has 0 saturated carbocycles. The molecule has 0 saturated heterocycles. The van der Waals surface area contributed by atoms with Gasteiger partial charge in [-0.05, 0) is 25.1 Å². The monoisotopic (exact) mass is 384 g/mol. The Balaban J connectivity index is 2.11. The van der Waals surface area contributed by atoms with Gasteiger partial charge in [-0.1, -0.05) is 35.3 Å². The Morgan fingerprint density at radius 2 is 2.00 bits per heavy atom. The zero-order valence-corrected chi connectivity index (χ0v) is 14.4. The molecule has 0 aliphatic heterocycles. The molecule has 2 atom stereocenters. The fraction of sp³-hybridized carbons (Fsp3) is 0.176. The lowest BCUT2D eigenvalue weighted by molar-refractivity contribution is -0.127. The van der Waals surface area contributed by atoms with Crippen LogP contribution in [0.2, 0.25) is 10.0 Å². The van der Waals surface area contributed by atoms with Crippen molar-refractivity contribution in [3.63, 3.8) is 0 Å². The fourth-order valence-corrected chi connectivity index (χ4v) is 2.33. The lowest BCUT2D eigenvalue weighted by atomic mass is 10.1. The molecule has 130 valence electrons. The van der Waals surface area contributed by atoms with Gasteiger partial charge in [-0.3, -0.25) is 4.79 Å². The average molecular weight is 385 g/mol. The van der Waals surface area contributed by atoms with E-state index in [9.17, 15) is 13.6 Å². The Morgan fingerprint density at radius 3 is 2.64 bits per heavy atom. The molecule has 0 bridgehead atoms. The van der Waals surface area contributed by atoms with Gasteiger partial charge in [0.2, 0.25) is 0 Å². The number of carbonyl (C=O) groups is 1. The van der Waals surface area contributed by atoms with Crippen molar-refractivity contribution in [2.75, 3.05) is 0 Å². The van der Waals surface area contributed by atoms with Crippen LogP contribution in [0.1, 0.15) is 18.5 Å². The number of benzene rings is 2. The van der Waals surface area contributed by atoms with Crippen molar-refractivity contribution >= 4 is 29.1 Å². The minimum absolute atomic E-state index is 0.144. The second-order valence-corrected chi connectivity index (χ2v) is 5.83. The number of carbonyl (C=O) groups excluding carboxylic acids is 1. The van der Waals surface area contributed by atoms with Crippen molar-refractivity contribution in [2.24, 2.45) is 0 Å². The molecule has 0 radical (unpaired) electrons. The summed E-state index contributed by atoms with van der Waals surface area (Å²) in [5.74, 6) is -2.19. The smallest absolute Gasteiger partial charge is 0.262 e. The number of amides is 1. The number of halogens is 4. The standard InChI is InChI=1S/C17H12Cl2F2N2O2/c1-9(25-15-4-2-3-12(18)16(15)19)17(24)23-14(8-22)11-6-5-10(20)7-13(11)21/h2-7,9,14H,1H3,(H,23,24). The summed E-state index contributed by atoms with van der Waals surface area (Å²) in [4.78, 5) is 12.2. The molecule has 0 aromatic heterocycles. The molecule has 0 heterocycles. The summed E-state index contributed by atoms with van der Waals surface area (Å²) in [5.41, 5.74) is -0.148. The highest BCUT2D eigenvalue weighted by molar-refractivity contribution is 6.42. The van der Waals surface area contributed by atoms with E-state index in [2.05, 4.69) is 5.32 Å². The van der Waals surface area contributed by atoms with E-state index in [-0.39, 0.29) is 21.4 Å². The van der Waals surface area contributed by atoms with Crippen LogP contribution < -0.4 is 10.1 Å². The van der Waals surface area contributed by atoms with Crippen LogP contribution in [0.25, 0.3) is 0 Å². The molecule has 0 fully saturated rings. The lowest BCUT2D eigenvalue weighted by Gasteiger charge is -2.18. The van der Waals surface area contributed by atoms with Crippen molar-refractivity contribution in [3.8, 4) is 11.8 Å². The molecule has 2 unspecified atom stereocenters. The van der Waals surface area contributed by atoms with Crippen molar-refractivity contribution in [1.29, 1.82) is 5.26 Å². The van der Waals surface area contributed by atoms with E-state index in [0.717, 1.165) is 12.1 Å². The van der Waals surface area contributed by atoms with Crippen molar-refractivity contribution < 1.29 is 18.3 Å². The quantitative estimate of drug-likeness (QED) is 0.829. The average Bonchev–Trinajstić information content (AvgIpc) is 2.57. The largest absolute Gasteiger partial charge is 0.479 e. The molecule has 0 aliphatic carbocycles. The first-order valence-corrected chi connectivity index (χ1v) is 7.84. The maximum absolute atomic E-state index is 13.8. The van der Waals surface area contributed by atoms with Crippen molar-refractivity contribution in [3.05, 3.63) is 63.6 Å². The second-order valence-electron chi connectivity index (χ2n) is 5.05. The first kappa shape index (κ1) is 19.0. The molecule has 2 aromatic carbocycles. The molecule has 4 nitrogen and oxygen atoms in total. The van der Waals surface area contributed by atoms with E-state index >= 15 is 0 Å². The number of nitrogens with one attached hydrogen (secondary N) is 1. The Hall–Kier alpha value is -2.36. The molecular weight excluding hydrogens is 373 g/mol. The molecule has 8 heteroatoms. The van der Waals surface area contributed by atoms with Crippen LogP contribution in [0.3, 0.4) is 0 Å². The van der Waals surface area contributed by atoms with E-state index in [1.54, 1.807) is 18.2 Å². The number of hydrogen-bond acceptors (Lipinski definition) is 3. The highest BCUT2D eigenvalue weighted by atomic mass is 35.5. The Bertz CT molecular complexity index is 840. The molecule has 1 amide bonds. The minimum atomic E-state index is -1.30. The third-order valence-corrected chi connectivity index (χ3v) is 4.08. The van der Waals surface area contributed by atoms with Gasteiger partial charge in [-0.25, -0.2) is 8.78 Å². The number of hydrogen-bond donors (Lipinski definition) is 1. The van der Waals surface area contributed by atoms with E-state index in [4.69, 9.17) is 33.2 Å². The molecular formula is C17H12Cl2F2N2O2. The van der Waals surface area contributed by atoms with Crippen molar-refractivity contribution in [2.45, 2.75) is 19.1 Å². The second kappa shape index (κ2) is 8.15. The van der Waals surface area contributed by atoms with Gasteiger partial charge >= 0.3 is 0 Å².